The van der Waals surface area contributed by atoms with Crippen molar-refractivity contribution in [2.45, 2.75) is 6.92 Å². The quantitative estimate of drug-likeness (QED) is 0.449. The Bertz CT molecular complexity index is 197. The van der Waals surface area contributed by atoms with Gasteiger partial charge in [0.2, 0.25) is 0 Å². The van der Waals surface area contributed by atoms with Crippen molar-refractivity contribution >= 4 is 12.1 Å². The topological polar surface area (TPSA) is 75.6 Å². The molecule has 0 aliphatic heterocycles. The average Bonchev–Trinajstić information content (AvgIpc) is 1.99. The van der Waals surface area contributed by atoms with E-state index in [9.17, 15) is 9.59 Å². The lowest BCUT2D eigenvalue weighted by Crippen LogP contribution is -2.17. The third kappa shape index (κ3) is 3.96. The summed E-state index contributed by atoms with van der Waals surface area (Å²) in [4.78, 5) is 20.5. The molecule has 1 amide bonds. The minimum atomic E-state index is -1.12. The molecular weight excluding hydrogens is 150 g/mol. The van der Waals surface area contributed by atoms with Crippen LogP contribution in [0.3, 0.4) is 0 Å². The Morgan fingerprint density at radius 3 is 2.45 bits per heavy atom. The first-order valence-electron chi connectivity index (χ1n) is 2.86. The number of aliphatic carboxylic acids is 1. The lowest BCUT2D eigenvalue weighted by atomic mass is 10.4. The van der Waals surface area contributed by atoms with E-state index < -0.39 is 12.1 Å². The number of amides is 1. The Morgan fingerprint density at radius 2 is 2.09 bits per heavy atom. The first-order chi connectivity index (χ1) is 5.07. The highest BCUT2D eigenvalue weighted by Crippen LogP contribution is 1.92. The summed E-state index contributed by atoms with van der Waals surface area (Å²) < 4.78 is 4.32. The summed E-state index contributed by atoms with van der Waals surface area (Å²) >= 11 is 0. The standard InChI is InChI=1S/C6H9NO4/c1-4(5(8)9)3-11-6(10)7-2/h3H,1-2H3,(H,7,10)(H,8,9). The number of alkyl carbamates (subject to hydrolysis) is 1. The molecule has 5 heteroatoms. The summed E-state index contributed by atoms with van der Waals surface area (Å²) in [7, 11) is 1.38. The van der Waals surface area contributed by atoms with Crippen molar-refractivity contribution < 1.29 is 19.4 Å². The Labute approximate surface area is 63.7 Å². The SMILES string of the molecule is CNC(=O)OC=C(C)C(=O)O. The first-order valence-corrected chi connectivity index (χ1v) is 2.86. The number of hydrogen-bond donors (Lipinski definition) is 2. The fraction of sp³-hybridized carbons (Fsp3) is 0.333. The van der Waals surface area contributed by atoms with Crippen LogP contribution in [0.25, 0.3) is 0 Å². The van der Waals surface area contributed by atoms with E-state index in [0.29, 0.717) is 0 Å². The van der Waals surface area contributed by atoms with E-state index in [2.05, 4.69) is 10.1 Å². The summed E-state index contributed by atoms with van der Waals surface area (Å²) in [6, 6.07) is 0. The summed E-state index contributed by atoms with van der Waals surface area (Å²) in [5.41, 5.74) is -0.0337. The lowest BCUT2D eigenvalue weighted by molar-refractivity contribution is -0.132. The van der Waals surface area contributed by atoms with Crippen molar-refractivity contribution in [2.24, 2.45) is 0 Å². The van der Waals surface area contributed by atoms with E-state index in [1.807, 2.05) is 0 Å². The van der Waals surface area contributed by atoms with Crippen LogP contribution in [0.5, 0.6) is 0 Å². The van der Waals surface area contributed by atoms with E-state index in [1.165, 1.54) is 14.0 Å². The molecule has 0 aromatic heterocycles. The molecule has 0 heterocycles. The molecule has 0 rings (SSSR count). The predicted molar refractivity (Wildman–Crippen MR) is 36.9 cm³/mol. The number of carboxylic acids is 1. The normalized spacial score (nSPS) is 10.5. The first kappa shape index (κ1) is 9.48. The van der Waals surface area contributed by atoms with Crippen molar-refractivity contribution in [1.82, 2.24) is 5.32 Å². The third-order valence-electron chi connectivity index (χ3n) is 0.884. The molecule has 2 N–H and O–H groups in total. The van der Waals surface area contributed by atoms with Crippen LogP contribution in [0.1, 0.15) is 6.92 Å². The smallest absolute Gasteiger partial charge is 0.411 e. The van der Waals surface area contributed by atoms with Crippen molar-refractivity contribution in [3.63, 3.8) is 0 Å². The number of rotatable bonds is 2. The maximum atomic E-state index is 10.4. The highest BCUT2D eigenvalue weighted by Gasteiger charge is 2.01. The molecule has 0 aromatic carbocycles. The molecular formula is C6H9NO4. The Morgan fingerprint density at radius 1 is 1.55 bits per heavy atom. The third-order valence-corrected chi connectivity index (χ3v) is 0.884. The largest absolute Gasteiger partial charge is 0.478 e. The van der Waals surface area contributed by atoms with Crippen LogP contribution in [-0.4, -0.2) is 24.2 Å². The zero-order valence-corrected chi connectivity index (χ0v) is 6.25. The van der Waals surface area contributed by atoms with Crippen LogP contribution in [0.15, 0.2) is 11.8 Å². The molecule has 0 radical (unpaired) electrons. The van der Waals surface area contributed by atoms with E-state index in [-0.39, 0.29) is 5.57 Å². The fourth-order valence-corrected chi connectivity index (χ4v) is 0.251. The second-order valence-electron chi connectivity index (χ2n) is 1.76. The van der Waals surface area contributed by atoms with E-state index in [4.69, 9.17) is 5.11 Å². The van der Waals surface area contributed by atoms with Gasteiger partial charge >= 0.3 is 12.1 Å². The number of carbonyl (C=O) groups excluding carboxylic acids is 1. The highest BCUT2D eigenvalue weighted by molar-refractivity contribution is 5.85. The Balaban J connectivity index is 3.92. The second-order valence-corrected chi connectivity index (χ2v) is 1.76. The van der Waals surface area contributed by atoms with E-state index >= 15 is 0 Å². The van der Waals surface area contributed by atoms with Crippen molar-refractivity contribution in [2.75, 3.05) is 7.05 Å². The van der Waals surface area contributed by atoms with Crippen molar-refractivity contribution in [3.05, 3.63) is 11.8 Å². The Kier molecular flexibility index (Phi) is 3.72. The molecule has 0 spiro atoms. The molecule has 0 unspecified atom stereocenters. The molecule has 11 heavy (non-hydrogen) atoms. The van der Waals surface area contributed by atoms with Gasteiger partial charge in [0.15, 0.2) is 0 Å². The fourth-order valence-electron chi connectivity index (χ4n) is 0.251. The molecule has 0 aromatic rings. The molecule has 62 valence electrons. The minimum absolute atomic E-state index is 0.0337. The van der Waals surface area contributed by atoms with Gasteiger partial charge < -0.3 is 15.2 Å². The molecule has 0 bridgehead atoms. The molecule has 0 fully saturated rings. The molecule has 0 atom stereocenters. The van der Waals surface area contributed by atoms with Crippen molar-refractivity contribution in [1.29, 1.82) is 0 Å². The summed E-state index contributed by atoms with van der Waals surface area (Å²) in [6.45, 7) is 1.32. The molecule has 0 saturated carbocycles. The zero-order valence-electron chi connectivity index (χ0n) is 6.25. The van der Waals surface area contributed by atoms with Crippen LogP contribution in [0, 0.1) is 0 Å². The number of carbonyl (C=O) groups is 2. The van der Waals surface area contributed by atoms with Gasteiger partial charge in [0, 0.05) is 7.05 Å². The number of nitrogens with one attached hydrogen (secondary N) is 1. The molecule has 0 aliphatic carbocycles. The maximum Gasteiger partial charge on any atom is 0.411 e. The van der Waals surface area contributed by atoms with Gasteiger partial charge in [0.05, 0.1) is 5.57 Å². The van der Waals surface area contributed by atoms with Gasteiger partial charge in [0.1, 0.15) is 6.26 Å². The average molecular weight is 159 g/mol. The summed E-state index contributed by atoms with van der Waals surface area (Å²) in [5.74, 6) is -1.12. The van der Waals surface area contributed by atoms with E-state index in [1.54, 1.807) is 0 Å². The van der Waals surface area contributed by atoms with Gasteiger partial charge in [-0.25, -0.2) is 9.59 Å². The molecule has 0 saturated heterocycles. The van der Waals surface area contributed by atoms with E-state index in [0.717, 1.165) is 6.26 Å². The van der Waals surface area contributed by atoms with Gasteiger partial charge in [-0.15, -0.1) is 0 Å². The number of hydrogen-bond acceptors (Lipinski definition) is 3. The highest BCUT2D eigenvalue weighted by atomic mass is 16.5. The van der Waals surface area contributed by atoms with Crippen LogP contribution >= 0.6 is 0 Å². The number of carboxylic acid groups (broad SMARTS) is 1. The van der Waals surface area contributed by atoms with Gasteiger partial charge in [-0.3, -0.25) is 0 Å². The lowest BCUT2D eigenvalue weighted by Gasteiger charge is -1.96. The maximum absolute atomic E-state index is 10.4. The van der Waals surface area contributed by atoms with Crippen molar-refractivity contribution in [3.8, 4) is 0 Å². The van der Waals surface area contributed by atoms with Crippen LogP contribution in [-0.2, 0) is 9.53 Å². The predicted octanol–water partition coefficient (Wildman–Crippen LogP) is 0.331. The van der Waals surface area contributed by atoms with Crippen LogP contribution in [0.2, 0.25) is 0 Å². The van der Waals surface area contributed by atoms with Crippen LogP contribution < -0.4 is 5.32 Å². The number of ether oxygens (including phenoxy) is 1. The minimum Gasteiger partial charge on any atom is -0.478 e. The molecule has 5 nitrogen and oxygen atoms in total. The van der Waals surface area contributed by atoms with Gasteiger partial charge in [0.25, 0.3) is 0 Å². The summed E-state index contributed by atoms with van der Waals surface area (Å²) in [5, 5.41) is 10.4. The summed E-state index contributed by atoms with van der Waals surface area (Å²) in [6.07, 6.45) is 0.187. The van der Waals surface area contributed by atoms with Crippen LogP contribution in [0.4, 0.5) is 4.79 Å². The zero-order chi connectivity index (χ0) is 8.85. The molecule has 0 aliphatic rings. The monoisotopic (exact) mass is 159 g/mol. The Hall–Kier alpha value is -1.52. The second kappa shape index (κ2) is 4.32. The van der Waals surface area contributed by atoms with Gasteiger partial charge in [-0.1, -0.05) is 0 Å². The van der Waals surface area contributed by atoms with Gasteiger partial charge in [-0.05, 0) is 6.92 Å². The van der Waals surface area contributed by atoms with Gasteiger partial charge in [-0.2, -0.15) is 0 Å².